The van der Waals surface area contributed by atoms with E-state index in [0.717, 1.165) is 36.0 Å². The monoisotopic (exact) mass is 371 g/mol. The van der Waals surface area contributed by atoms with Gasteiger partial charge < -0.3 is 20.2 Å². The zero-order chi connectivity index (χ0) is 19.4. The van der Waals surface area contributed by atoms with Crippen LogP contribution in [-0.4, -0.2) is 59.4 Å². The topological polar surface area (TPSA) is 72.9 Å². The fraction of sp³-hybridized carbons (Fsp3) is 0.524. The molecule has 1 aliphatic heterocycles. The van der Waals surface area contributed by atoms with Crippen molar-refractivity contribution >= 4 is 17.5 Å². The van der Waals surface area contributed by atoms with Gasteiger partial charge in [-0.3, -0.25) is 9.59 Å². The molecule has 0 bridgehead atoms. The molecule has 0 unspecified atom stereocenters. The molecule has 0 saturated carbocycles. The normalized spacial score (nSPS) is 17.5. The van der Waals surface area contributed by atoms with Gasteiger partial charge in [-0.05, 0) is 62.8 Å². The van der Waals surface area contributed by atoms with Crippen molar-refractivity contribution < 1.29 is 14.7 Å². The van der Waals surface area contributed by atoms with E-state index in [-0.39, 0.29) is 24.1 Å². The lowest BCUT2D eigenvalue weighted by molar-refractivity contribution is -0.136. The molecule has 27 heavy (non-hydrogen) atoms. The lowest BCUT2D eigenvalue weighted by atomic mass is 9.98. The van der Waals surface area contributed by atoms with Crippen molar-refractivity contribution in [2.24, 2.45) is 0 Å². The number of carbonyl (C=O) groups is 2. The molecule has 1 fully saturated rings. The summed E-state index contributed by atoms with van der Waals surface area (Å²) in [5, 5.41) is 13.1. The highest BCUT2D eigenvalue weighted by Crippen LogP contribution is 2.26. The minimum Gasteiger partial charge on any atom is -0.506 e. The third-order valence-corrected chi connectivity index (χ3v) is 5.53. The standard InChI is InChI=1S/C21H29N3O3/c1-15-12-18(19(25)13-16(15)2)22-14-20(26)23-8-10-24(11-9-23)21(27)17-6-4-3-5-7-17/h6,12-13,22,25H,3-5,7-11,14H2,1-2H3. The number of anilines is 1. The first-order chi connectivity index (χ1) is 13.0. The van der Waals surface area contributed by atoms with Gasteiger partial charge in [-0.2, -0.15) is 0 Å². The first-order valence-corrected chi connectivity index (χ1v) is 9.76. The second-order valence-electron chi connectivity index (χ2n) is 7.46. The molecule has 0 aromatic heterocycles. The molecule has 0 atom stereocenters. The van der Waals surface area contributed by atoms with E-state index in [4.69, 9.17) is 0 Å². The maximum atomic E-state index is 12.6. The van der Waals surface area contributed by atoms with Crippen molar-refractivity contribution in [1.82, 2.24) is 9.80 Å². The fourth-order valence-corrected chi connectivity index (χ4v) is 3.62. The molecule has 2 N–H and O–H groups in total. The first-order valence-electron chi connectivity index (χ1n) is 9.76. The Morgan fingerprint density at radius 1 is 1.04 bits per heavy atom. The van der Waals surface area contributed by atoms with E-state index < -0.39 is 0 Å². The molecule has 1 aromatic rings. The summed E-state index contributed by atoms with van der Waals surface area (Å²) in [6, 6.07) is 3.55. The van der Waals surface area contributed by atoms with Crippen LogP contribution in [0.4, 0.5) is 5.69 Å². The Labute approximate surface area is 160 Å². The largest absolute Gasteiger partial charge is 0.506 e. The van der Waals surface area contributed by atoms with Crippen molar-refractivity contribution in [1.29, 1.82) is 0 Å². The third-order valence-electron chi connectivity index (χ3n) is 5.53. The van der Waals surface area contributed by atoms with Gasteiger partial charge in [0.15, 0.2) is 0 Å². The number of piperazine rings is 1. The Bertz CT molecular complexity index is 749. The van der Waals surface area contributed by atoms with Crippen LogP contribution >= 0.6 is 0 Å². The lowest BCUT2D eigenvalue weighted by Crippen LogP contribution is -2.52. The van der Waals surface area contributed by atoms with Gasteiger partial charge in [-0.25, -0.2) is 0 Å². The zero-order valence-electron chi connectivity index (χ0n) is 16.3. The van der Waals surface area contributed by atoms with Gasteiger partial charge in [0, 0.05) is 31.8 Å². The fourth-order valence-electron chi connectivity index (χ4n) is 3.62. The van der Waals surface area contributed by atoms with Crippen molar-refractivity contribution in [3.8, 4) is 5.75 Å². The maximum Gasteiger partial charge on any atom is 0.249 e. The number of aryl methyl sites for hydroxylation is 2. The molecule has 6 nitrogen and oxygen atoms in total. The van der Waals surface area contributed by atoms with E-state index in [0.29, 0.717) is 31.9 Å². The van der Waals surface area contributed by atoms with Crippen molar-refractivity contribution in [3.63, 3.8) is 0 Å². The summed E-state index contributed by atoms with van der Waals surface area (Å²) in [4.78, 5) is 28.7. The maximum absolute atomic E-state index is 12.6. The number of hydrogen-bond donors (Lipinski definition) is 2. The van der Waals surface area contributed by atoms with E-state index in [2.05, 4.69) is 11.4 Å². The summed E-state index contributed by atoms with van der Waals surface area (Å²) in [6.07, 6.45) is 6.20. The summed E-state index contributed by atoms with van der Waals surface area (Å²) >= 11 is 0. The summed E-state index contributed by atoms with van der Waals surface area (Å²) < 4.78 is 0. The summed E-state index contributed by atoms with van der Waals surface area (Å²) in [5.41, 5.74) is 3.59. The lowest BCUT2D eigenvalue weighted by Gasteiger charge is -2.35. The number of hydrogen-bond acceptors (Lipinski definition) is 4. The summed E-state index contributed by atoms with van der Waals surface area (Å²) in [6.45, 7) is 6.31. The molecule has 1 aliphatic carbocycles. The van der Waals surface area contributed by atoms with Crippen LogP contribution in [0.2, 0.25) is 0 Å². The number of allylic oxidation sites excluding steroid dienone is 1. The SMILES string of the molecule is Cc1cc(O)c(NCC(=O)N2CCN(C(=O)C3=CCCCC3)CC2)cc1C. The molecule has 2 aliphatic rings. The van der Waals surface area contributed by atoms with Crippen LogP contribution in [0.5, 0.6) is 5.75 Å². The first kappa shape index (κ1) is 19.3. The number of amides is 2. The van der Waals surface area contributed by atoms with E-state index in [1.807, 2.05) is 24.8 Å². The Hall–Kier alpha value is -2.50. The average molecular weight is 371 g/mol. The van der Waals surface area contributed by atoms with Gasteiger partial charge >= 0.3 is 0 Å². The van der Waals surface area contributed by atoms with E-state index >= 15 is 0 Å². The van der Waals surface area contributed by atoms with Gasteiger partial charge in [0.1, 0.15) is 5.75 Å². The predicted octanol–water partition coefficient (Wildman–Crippen LogP) is 2.59. The molecular formula is C21H29N3O3. The Morgan fingerprint density at radius 2 is 1.70 bits per heavy atom. The number of benzene rings is 1. The van der Waals surface area contributed by atoms with Crippen LogP contribution in [-0.2, 0) is 9.59 Å². The predicted molar refractivity (Wildman–Crippen MR) is 106 cm³/mol. The number of phenolic OH excluding ortho intramolecular Hbond substituents is 1. The molecule has 3 rings (SSSR count). The highest BCUT2D eigenvalue weighted by molar-refractivity contribution is 5.93. The Morgan fingerprint density at radius 3 is 2.37 bits per heavy atom. The molecule has 2 amide bonds. The van der Waals surface area contributed by atoms with Crippen LogP contribution in [0.3, 0.4) is 0 Å². The van der Waals surface area contributed by atoms with Gasteiger partial charge in [0.25, 0.3) is 0 Å². The van der Waals surface area contributed by atoms with Crippen LogP contribution in [0, 0.1) is 13.8 Å². The number of nitrogens with one attached hydrogen (secondary N) is 1. The smallest absolute Gasteiger partial charge is 0.249 e. The van der Waals surface area contributed by atoms with E-state index in [9.17, 15) is 14.7 Å². The summed E-state index contributed by atoms with van der Waals surface area (Å²) in [5.74, 6) is 0.277. The molecule has 1 aromatic carbocycles. The molecule has 0 radical (unpaired) electrons. The van der Waals surface area contributed by atoms with Crippen LogP contribution in [0.1, 0.15) is 36.8 Å². The number of rotatable bonds is 4. The number of carbonyl (C=O) groups excluding carboxylic acids is 2. The van der Waals surface area contributed by atoms with Crippen molar-refractivity contribution in [2.45, 2.75) is 39.5 Å². The average Bonchev–Trinajstić information content (AvgIpc) is 2.69. The molecule has 6 heteroatoms. The highest BCUT2D eigenvalue weighted by Gasteiger charge is 2.26. The second kappa shape index (κ2) is 8.46. The highest BCUT2D eigenvalue weighted by atomic mass is 16.3. The molecular weight excluding hydrogens is 342 g/mol. The summed E-state index contributed by atoms with van der Waals surface area (Å²) in [7, 11) is 0. The van der Waals surface area contributed by atoms with Gasteiger partial charge in [0.2, 0.25) is 11.8 Å². The van der Waals surface area contributed by atoms with E-state index in [1.165, 1.54) is 6.42 Å². The Balaban J connectivity index is 1.49. The van der Waals surface area contributed by atoms with Crippen LogP contribution < -0.4 is 5.32 Å². The quantitative estimate of drug-likeness (QED) is 0.798. The number of aromatic hydroxyl groups is 1. The third kappa shape index (κ3) is 4.62. The number of phenols is 1. The molecule has 1 heterocycles. The Kier molecular flexibility index (Phi) is 6.04. The second-order valence-corrected chi connectivity index (χ2v) is 7.46. The minimum absolute atomic E-state index is 0.0170. The number of nitrogens with zero attached hydrogens (tertiary/aromatic N) is 2. The van der Waals surface area contributed by atoms with Crippen LogP contribution in [0.15, 0.2) is 23.8 Å². The van der Waals surface area contributed by atoms with Crippen LogP contribution in [0.25, 0.3) is 0 Å². The molecule has 1 saturated heterocycles. The minimum atomic E-state index is -0.0170. The molecule has 0 spiro atoms. The van der Waals surface area contributed by atoms with E-state index in [1.54, 1.807) is 11.0 Å². The van der Waals surface area contributed by atoms with Crippen molar-refractivity contribution in [3.05, 3.63) is 34.9 Å². The zero-order valence-corrected chi connectivity index (χ0v) is 16.3. The van der Waals surface area contributed by atoms with Gasteiger partial charge in [0.05, 0.1) is 12.2 Å². The van der Waals surface area contributed by atoms with Gasteiger partial charge in [-0.1, -0.05) is 6.08 Å². The van der Waals surface area contributed by atoms with Gasteiger partial charge in [-0.15, -0.1) is 0 Å². The van der Waals surface area contributed by atoms with Crippen molar-refractivity contribution in [2.75, 3.05) is 38.0 Å². The molecule has 146 valence electrons.